The maximum atomic E-state index is 11.5. The van der Waals surface area contributed by atoms with Crippen molar-refractivity contribution in [2.75, 3.05) is 0 Å². The van der Waals surface area contributed by atoms with Crippen LogP contribution in [0, 0.1) is 0 Å². The van der Waals surface area contributed by atoms with Crippen LogP contribution in [0.1, 0.15) is 51.9 Å². The Morgan fingerprint density at radius 2 is 1.57 bits per heavy atom. The standard InChI is InChI=1S/C17H26O4/c1-2-15(18)11-7-3-4-8-12-16(19)13-9-5-6-10-14-17(20)21/h3-4,7-8,11-12,15,18H,2,5-6,9-10,13-14H2,1H3,(H,20,21). The number of ketones is 1. The summed E-state index contributed by atoms with van der Waals surface area (Å²) < 4.78 is 0. The van der Waals surface area contributed by atoms with Gasteiger partial charge in [0.1, 0.15) is 0 Å². The highest BCUT2D eigenvalue weighted by molar-refractivity contribution is 5.89. The molecule has 4 heteroatoms. The highest BCUT2D eigenvalue weighted by atomic mass is 16.4. The number of unbranched alkanes of at least 4 members (excludes halogenated alkanes) is 3. The second kappa shape index (κ2) is 13.3. The second-order valence-electron chi connectivity index (χ2n) is 4.88. The van der Waals surface area contributed by atoms with E-state index in [1.807, 2.05) is 6.92 Å². The van der Waals surface area contributed by atoms with Crippen LogP contribution in [0.3, 0.4) is 0 Å². The van der Waals surface area contributed by atoms with E-state index in [1.165, 1.54) is 6.08 Å². The lowest BCUT2D eigenvalue weighted by molar-refractivity contribution is -0.137. The third kappa shape index (κ3) is 14.5. The Hall–Kier alpha value is -1.68. The van der Waals surface area contributed by atoms with Gasteiger partial charge in [-0.3, -0.25) is 9.59 Å². The summed E-state index contributed by atoms with van der Waals surface area (Å²) in [5, 5.41) is 17.7. The zero-order valence-electron chi connectivity index (χ0n) is 12.7. The SMILES string of the molecule is CCC(O)C=CC=CC=CC(=O)CCCCCCC(=O)O. The van der Waals surface area contributed by atoms with Crippen molar-refractivity contribution in [3.05, 3.63) is 36.5 Å². The van der Waals surface area contributed by atoms with Gasteiger partial charge in [0.25, 0.3) is 0 Å². The van der Waals surface area contributed by atoms with Gasteiger partial charge in [0.2, 0.25) is 0 Å². The molecule has 0 saturated carbocycles. The zero-order valence-corrected chi connectivity index (χ0v) is 12.7. The molecule has 1 atom stereocenters. The van der Waals surface area contributed by atoms with E-state index in [1.54, 1.807) is 30.4 Å². The number of carbonyl (C=O) groups excluding carboxylic acids is 1. The van der Waals surface area contributed by atoms with Gasteiger partial charge in [-0.25, -0.2) is 0 Å². The normalized spacial score (nSPS) is 13.4. The minimum absolute atomic E-state index is 0.0791. The molecule has 0 rings (SSSR count). The lowest BCUT2D eigenvalue weighted by atomic mass is 10.1. The highest BCUT2D eigenvalue weighted by Gasteiger charge is 1.98. The first-order valence-corrected chi connectivity index (χ1v) is 7.50. The molecule has 4 nitrogen and oxygen atoms in total. The molecule has 0 saturated heterocycles. The molecule has 0 amide bonds. The molecule has 0 aliphatic heterocycles. The Balaban J connectivity index is 3.65. The molecular formula is C17H26O4. The number of allylic oxidation sites excluding steroid dienone is 5. The minimum atomic E-state index is -0.763. The highest BCUT2D eigenvalue weighted by Crippen LogP contribution is 2.06. The Morgan fingerprint density at radius 1 is 0.952 bits per heavy atom. The van der Waals surface area contributed by atoms with Crippen LogP contribution in [0.15, 0.2) is 36.5 Å². The van der Waals surface area contributed by atoms with E-state index in [0.717, 1.165) is 19.3 Å². The maximum absolute atomic E-state index is 11.5. The smallest absolute Gasteiger partial charge is 0.303 e. The molecule has 21 heavy (non-hydrogen) atoms. The first-order valence-electron chi connectivity index (χ1n) is 7.50. The van der Waals surface area contributed by atoms with Crippen LogP contribution in [0.2, 0.25) is 0 Å². The molecule has 118 valence electrons. The van der Waals surface area contributed by atoms with E-state index in [4.69, 9.17) is 5.11 Å². The van der Waals surface area contributed by atoms with Gasteiger partial charge < -0.3 is 10.2 Å². The summed E-state index contributed by atoms with van der Waals surface area (Å²) in [6.07, 6.45) is 14.4. The minimum Gasteiger partial charge on any atom is -0.481 e. The van der Waals surface area contributed by atoms with E-state index in [0.29, 0.717) is 19.3 Å². The fraction of sp³-hybridized carbons (Fsp3) is 0.529. The van der Waals surface area contributed by atoms with Crippen molar-refractivity contribution in [2.24, 2.45) is 0 Å². The molecule has 0 aromatic carbocycles. The van der Waals surface area contributed by atoms with Crippen molar-refractivity contribution in [2.45, 2.75) is 58.0 Å². The van der Waals surface area contributed by atoms with Crippen molar-refractivity contribution in [3.63, 3.8) is 0 Å². The number of aliphatic hydroxyl groups excluding tert-OH is 1. The number of rotatable bonds is 12. The van der Waals surface area contributed by atoms with Gasteiger partial charge in [0.05, 0.1) is 6.10 Å². The van der Waals surface area contributed by atoms with Crippen LogP contribution >= 0.6 is 0 Å². The van der Waals surface area contributed by atoms with Gasteiger partial charge in [-0.1, -0.05) is 50.1 Å². The van der Waals surface area contributed by atoms with E-state index in [2.05, 4.69) is 0 Å². The monoisotopic (exact) mass is 294 g/mol. The van der Waals surface area contributed by atoms with Crippen molar-refractivity contribution in [1.29, 1.82) is 0 Å². The fourth-order valence-electron chi connectivity index (χ4n) is 1.63. The first-order chi connectivity index (χ1) is 10.1. The van der Waals surface area contributed by atoms with Crippen LogP contribution in [0.25, 0.3) is 0 Å². The Morgan fingerprint density at radius 3 is 2.19 bits per heavy atom. The third-order valence-corrected chi connectivity index (χ3v) is 2.93. The van der Waals surface area contributed by atoms with E-state index < -0.39 is 12.1 Å². The molecule has 0 radical (unpaired) electrons. The lowest BCUT2D eigenvalue weighted by Crippen LogP contribution is -1.97. The summed E-state index contributed by atoms with van der Waals surface area (Å²) in [4.78, 5) is 21.8. The molecule has 0 spiro atoms. The number of carboxylic acids is 1. The van der Waals surface area contributed by atoms with Gasteiger partial charge >= 0.3 is 5.97 Å². The molecule has 0 fully saturated rings. The Labute approximate surface area is 126 Å². The fourth-order valence-corrected chi connectivity index (χ4v) is 1.63. The summed E-state index contributed by atoms with van der Waals surface area (Å²) in [5.74, 6) is -0.684. The number of aliphatic carboxylic acids is 1. The number of hydrogen-bond donors (Lipinski definition) is 2. The van der Waals surface area contributed by atoms with E-state index >= 15 is 0 Å². The summed E-state index contributed by atoms with van der Waals surface area (Å²) >= 11 is 0. The number of carbonyl (C=O) groups is 2. The van der Waals surface area contributed by atoms with Gasteiger partial charge in [-0.15, -0.1) is 0 Å². The van der Waals surface area contributed by atoms with Gasteiger partial charge in [0.15, 0.2) is 5.78 Å². The number of hydrogen-bond acceptors (Lipinski definition) is 3. The molecule has 0 aromatic heterocycles. The summed E-state index contributed by atoms with van der Waals surface area (Å²) in [5.41, 5.74) is 0. The van der Waals surface area contributed by atoms with Crippen molar-refractivity contribution < 1.29 is 19.8 Å². The predicted octanol–water partition coefficient (Wildman–Crippen LogP) is 3.42. The van der Waals surface area contributed by atoms with Crippen molar-refractivity contribution in [3.8, 4) is 0 Å². The van der Waals surface area contributed by atoms with Crippen LogP contribution < -0.4 is 0 Å². The van der Waals surface area contributed by atoms with Crippen LogP contribution in [0.5, 0.6) is 0 Å². The maximum Gasteiger partial charge on any atom is 0.303 e. The summed E-state index contributed by atoms with van der Waals surface area (Å²) in [6.45, 7) is 1.90. The van der Waals surface area contributed by atoms with Gasteiger partial charge in [0, 0.05) is 12.8 Å². The zero-order chi connectivity index (χ0) is 15.9. The van der Waals surface area contributed by atoms with E-state index in [9.17, 15) is 14.7 Å². The van der Waals surface area contributed by atoms with Gasteiger partial charge in [-0.2, -0.15) is 0 Å². The average molecular weight is 294 g/mol. The quantitative estimate of drug-likeness (QED) is 0.328. The predicted molar refractivity (Wildman–Crippen MR) is 84.1 cm³/mol. The summed E-state index contributed by atoms with van der Waals surface area (Å²) in [6, 6.07) is 0. The molecular weight excluding hydrogens is 268 g/mol. The molecule has 2 N–H and O–H groups in total. The topological polar surface area (TPSA) is 74.6 Å². The Kier molecular flexibility index (Phi) is 12.2. The average Bonchev–Trinajstić information content (AvgIpc) is 2.45. The Bertz CT molecular complexity index is 380. The molecule has 0 aromatic rings. The molecule has 0 heterocycles. The first kappa shape index (κ1) is 19.3. The van der Waals surface area contributed by atoms with Crippen LogP contribution in [-0.4, -0.2) is 28.1 Å². The summed E-state index contributed by atoms with van der Waals surface area (Å²) in [7, 11) is 0. The van der Waals surface area contributed by atoms with Crippen LogP contribution in [-0.2, 0) is 9.59 Å². The number of aliphatic hydroxyl groups is 1. The van der Waals surface area contributed by atoms with Crippen molar-refractivity contribution in [1.82, 2.24) is 0 Å². The third-order valence-electron chi connectivity index (χ3n) is 2.93. The molecule has 1 unspecified atom stereocenters. The lowest BCUT2D eigenvalue weighted by Gasteiger charge is -1.97. The molecule has 0 aliphatic carbocycles. The second-order valence-corrected chi connectivity index (χ2v) is 4.88. The largest absolute Gasteiger partial charge is 0.481 e. The molecule has 0 bridgehead atoms. The number of carboxylic acid groups (broad SMARTS) is 1. The van der Waals surface area contributed by atoms with Crippen LogP contribution in [0.4, 0.5) is 0 Å². The molecule has 0 aliphatic rings. The van der Waals surface area contributed by atoms with E-state index in [-0.39, 0.29) is 12.2 Å². The van der Waals surface area contributed by atoms with Crippen molar-refractivity contribution >= 4 is 11.8 Å². The van der Waals surface area contributed by atoms with Gasteiger partial charge in [-0.05, 0) is 25.3 Å².